The van der Waals surface area contributed by atoms with Crippen LogP contribution in [0.5, 0.6) is 0 Å². The fraction of sp³-hybridized carbons (Fsp3) is 0.500. The summed E-state index contributed by atoms with van der Waals surface area (Å²) in [7, 11) is 0. The van der Waals surface area contributed by atoms with Crippen LogP contribution in [0.15, 0.2) is 39.6 Å². The Morgan fingerprint density at radius 1 is 0.833 bits per heavy atom. The molecule has 1 atom stereocenters. The van der Waals surface area contributed by atoms with Crippen molar-refractivity contribution in [1.29, 1.82) is 0 Å². The molecule has 3 aromatic rings. The van der Waals surface area contributed by atoms with Crippen LogP contribution in [0.25, 0.3) is 10.2 Å². The standard InChI is InChI=1S/C24H28N10OS/c1-16-19(29-30-24-25-17-10-4-5-11-18(17)36-24)20(35)34(31-16)23-27-21(32-12-6-2-7-13-32)26-22(28-23)33-14-8-3-9-15-33/h4-5,10-11,19H,2-3,6-9,12-15H2,1H3. The van der Waals surface area contributed by atoms with Gasteiger partial charge in [-0.05, 0) is 57.6 Å². The minimum Gasteiger partial charge on any atom is -0.341 e. The molecule has 3 aliphatic heterocycles. The van der Waals surface area contributed by atoms with Gasteiger partial charge in [-0.2, -0.15) is 30.2 Å². The van der Waals surface area contributed by atoms with Crippen LogP contribution in [-0.4, -0.2) is 63.8 Å². The lowest BCUT2D eigenvalue weighted by Crippen LogP contribution is -2.36. The first-order valence-electron chi connectivity index (χ1n) is 12.6. The summed E-state index contributed by atoms with van der Waals surface area (Å²) in [6, 6.07) is 6.98. The number of thiazole rings is 1. The van der Waals surface area contributed by atoms with Crippen molar-refractivity contribution >= 4 is 56.1 Å². The highest BCUT2D eigenvalue weighted by Gasteiger charge is 2.37. The predicted octanol–water partition coefficient (Wildman–Crippen LogP) is 4.34. The van der Waals surface area contributed by atoms with E-state index in [9.17, 15) is 4.79 Å². The van der Waals surface area contributed by atoms with Gasteiger partial charge in [0.25, 0.3) is 11.9 Å². The quantitative estimate of drug-likeness (QED) is 0.475. The first-order valence-corrected chi connectivity index (χ1v) is 13.4. The largest absolute Gasteiger partial charge is 0.341 e. The summed E-state index contributed by atoms with van der Waals surface area (Å²) >= 11 is 1.44. The second kappa shape index (κ2) is 9.84. The molecule has 1 amide bonds. The summed E-state index contributed by atoms with van der Waals surface area (Å²) in [5.74, 6) is 1.15. The third kappa shape index (κ3) is 4.52. The minimum absolute atomic E-state index is 0.244. The van der Waals surface area contributed by atoms with Gasteiger partial charge in [-0.25, -0.2) is 4.98 Å². The Labute approximate surface area is 213 Å². The Balaban J connectivity index is 1.28. The number of hydrogen-bond donors (Lipinski definition) is 0. The van der Waals surface area contributed by atoms with Crippen LogP contribution in [0.3, 0.4) is 0 Å². The van der Waals surface area contributed by atoms with Crippen molar-refractivity contribution in [2.24, 2.45) is 15.3 Å². The van der Waals surface area contributed by atoms with E-state index in [0.717, 1.165) is 62.1 Å². The molecule has 2 saturated heterocycles. The van der Waals surface area contributed by atoms with Crippen LogP contribution in [0.4, 0.5) is 23.0 Å². The van der Waals surface area contributed by atoms with Gasteiger partial charge in [0, 0.05) is 26.2 Å². The Morgan fingerprint density at radius 3 is 2.08 bits per heavy atom. The molecule has 3 aliphatic rings. The van der Waals surface area contributed by atoms with E-state index in [4.69, 9.17) is 15.0 Å². The number of azo groups is 1. The maximum atomic E-state index is 13.4. The zero-order valence-electron chi connectivity index (χ0n) is 20.2. The van der Waals surface area contributed by atoms with E-state index >= 15 is 0 Å². The van der Waals surface area contributed by atoms with E-state index in [1.165, 1.54) is 29.2 Å². The second-order valence-corrected chi connectivity index (χ2v) is 10.3. The highest BCUT2D eigenvalue weighted by molar-refractivity contribution is 7.21. The number of anilines is 3. The van der Waals surface area contributed by atoms with Crippen molar-refractivity contribution in [2.45, 2.75) is 51.5 Å². The number of aromatic nitrogens is 4. The smallest absolute Gasteiger partial charge is 0.282 e. The Bertz CT molecular complexity index is 1260. The molecule has 0 radical (unpaired) electrons. The molecule has 0 saturated carbocycles. The first kappa shape index (κ1) is 22.9. The molecule has 0 N–H and O–H groups in total. The van der Waals surface area contributed by atoms with Gasteiger partial charge >= 0.3 is 0 Å². The van der Waals surface area contributed by atoms with Crippen molar-refractivity contribution in [3.05, 3.63) is 24.3 Å². The number of benzene rings is 1. The van der Waals surface area contributed by atoms with E-state index in [0.29, 0.717) is 22.7 Å². The van der Waals surface area contributed by atoms with Gasteiger partial charge in [0.2, 0.25) is 17.0 Å². The number of rotatable bonds is 5. The molecule has 6 rings (SSSR count). The highest BCUT2D eigenvalue weighted by Crippen LogP contribution is 2.30. The average molecular weight is 505 g/mol. The predicted molar refractivity (Wildman–Crippen MR) is 140 cm³/mol. The molecular formula is C24H28N10OS. The van der Waals surface area contributed by atoms with Gasteiger partial charge in [0.1, 0.15) is 0 Å². The van der Waals surface area contributed by atoms with Gasteiger partial charge in [0.15, 0.2) is 6.04 Å². The van der Waals surface area contributed by atoms with Crippen LogP contribution in [0.2, 0.25) is 0 Å². The van der Waals surface area contributed by atoms with E-state index in [1.54, 1.807) is 6.92 Å². The van der Waals surface area contributed by atoms with Crippen LogP contribution in [-0.2, 0) is 4.79 Å². The average Bonchev–Trinajstić information content (AvgIpc) is 3.47. The van der Waals surface area contributed by atoms with E-state index in [1.807, 2.05) is 24.3 Å². The van der Waals surface area contributed by atoms with Gasteiger partial charge in [-0.3, -0.25) is 4.79 Å². The van der Waals surface area contributed by atoms with E-state index in [2.05, 4.69) is 30.1 Å². The Hall–Kier alpha value is -3.54. The number of nitrogens with zero attached hydrogens (tertiary/aromatic N) is 10. The molecule has 186 valence electrons. The molecule has 2 fully saturated rings. The number of para-hydroxylation sites is 1. The monoisotopic (exact) mass is 504 g/mol. The molecule has 12 heteroatoms. The summed E-state index contributed by atoms with van der Waals surface area (Å²) in [6.45, 7) is 5.38. The molecule has 11 nitrogen and oxygen atoms in total. The van der Waals surface area contributed by atoms with Crippen LogP contribution >= 0.6 is 11.3 Å². The molecule has 5 heterocycles. The summed E-state index contributed by atoms with van der Waals surface area (Å²) in [6.07, 6.45) is 6.84. The number of amides is 1. The fourth-order valence-electron chi connectivity index (χ4n) is 4.75. The number of hydrogen-bond acceptors (Lipinski definition) is 11. The summed E-state index contributed by atoms with van der Waals surface area (Å²) < 4.78 is 1.02. The van der Waals surface area contributed by atoms with Crippen molar-refractivity contribution in [1.82, 2.24) is 19.9 Å². The number of hydrazone groups is 1. The Kier molecular flexibility index (Phi) is 6.26. The molecule has 1 unspecified atom stereocenters. The zero-order chi connectivity index (χ0) is 24.5. The second-order valence-electron chi connectivity index (χ2n) is 9.30. The molecular weight excluding hydrogens is 476 g/mol. The van der Waals surface area contributed by atoms with Gasteiger partial charge in [-0.1, -0.05) is 23.5 Å². The fourth-order valence-corrected chi connectivity index (χ4v) is 5.54. The van der Waals surface area contributed by atoms with E-state index < -0.39 is 6.04 Å². The normalized spacial score (nSPS) is 21.1. The van der Waals surface area contributed by atoms with Gasteiger partial charge in [0.05, 0.1) is 15.9 Å². The zero-order valence-corrected chi connectivity index (χ0v) is 21.1. The van der Waals surface area contributed by atoms with Gasteiger partial charge < -0.3 is 9.80 Å². The van der Waals surface area contributed by atoms with Crippen molar-refractivity contribution in [2.75, 3.05) is 41.0 Å². The maximum Gasteiger partial charge on any atom is 0.282 e. The summed E-state index contributed by atoms with van der Waals surface area (Å²) in [5.41, 5.74) is 1.41. The topological polar surface area (TPSA) is 115 Å². The third-order valence-corrected chi connectivity index (χ3v) is 7.63. The number of carbonyl (C=O) groups excluding carboxylic acids is 1. The molecule has 0 spiro atoms. The van der Waals surface area contributed by atoms with Crippen LogP contribution in [0.1, 0.15) is 45.4 Å². The maximum absolute atomic E-state index is 13.4. The molecule has 1 aromatic carbocycles. The van der Waals surface area contributed by atoms with Gasteiger partial charge in [-0.15, -0.1) is 5.11 Å². The van der Waals surface area contributed by atoms with Crippen molar-refractivity contribution < 1.29 is 4.79 Å². The number of carbonyl (C=O) groups is 1. The summed E-state index contributed by atoms with van der Waals surface area (Å²) in [4.78, 5) is 36.4. The van der Waals surface area contributed by atoms with Crippen molar-refractivity contribution in [3.63, 3.8) is 0 Å². The first-order chi connectivity index (χ1) is 17.7. The molecule has 36 heavy (non-hydrogen) atoms. The number of fused-ring (bicyclic) bond motifs is 1. The lowest BCUT2D eigenvalue weighted by Gasteiger charge is -2.30. The lowest BCUT2D eigenvalue weighted by molar-refractivity contribution is -0.118. The molecule has 2 aromatic heterocycles. The van der Waals surface area contributed by atoms with E-state index in [-0.39, 0.29) is 11.9 Å². The highest BCUT2D eigenvalue weighted by atomic mass is 32.1. The van der Waals surface area contributed by atoms with Crippen molar-refractivity contribution in [3.8, 4) is 0 Å². The molecule has 0 aliphatic carbocycles. The SMILES string of the molecule is CC1=NN(c2nc(N3CCCCC3)nc(N3CCCCC3)n2)C(=O)C1N=Nc1nc2ccccc2s1. The Morgan fingerprint density at radius 2 is 1.44 bits per heavy atom. The van der Waals surface area contributed by atoms with Crippen LogP contribution < -0.4 is 14.8 Å². The minimum atomic E-state index is -0.828. The number of piperidine rings is 2. The van der Waals surface area contributed by atoms with Crippen LogP contribution in [0, 0.1) is 0 Å². The lowest BCUT2D eigenvalue weighted by atomic mass is 10.1. The summed E-state index contributed by atoms with van der Waals surface area (Å²) in [5, 5.41) is 14.8. The molecule has 0 bridgehead atoms. The third-order valence-electron chi connectivity index (χ3n) is 6.70.